The van der Waals surface area contributed by atoms with Crippen molar-refractivity contribution in [1.82, 2.24) is 5.32 Å². The summed E-state index contributed by atoms with van der Waals surface area (Å²) in [4.78, 5) is 24.5. The van der Waals surface area contributed by atoms with E-state index in [1.54, 1.807) is 0 Å². The zero-order chi connectivity index (χ0) is 46.5. The molecule has 2 atom stereocenters. The smallest absolute Gasteiger partial charge is 0.305 e. The molecule has 2 unspecified atom stereocenters. The summed E-state index contributed by atoms with van der Waals surface area (Å²) in [6, 6.07) is -0.555. The number of amides is 1. The molecule has 0 heterocycles. The number of esters is 1. The van der Waals surface area contributed by atoms with Gasteiger partial charge in [-0.05, 0) is 77.0 Å². The monoisotopic (exact) mass is 900 g/mol. The molecule has 0 aromatic heterocycles. The van der Waals surface area contributed by atoms with Crippen molar-refractivity contribution < 1.29 is 24.5 Å². The van der Waals surface area contributed by atoms with Gasteiger partial charge in [0.1, 0.15) is 0 Å². The second-order valence-electron chi connectivity index (χ2n) is 19.3. The molecule has 6 heteroatoms. The molecule has 0 aliphatic carbocycles. The molecule has 0 aromatic rings. The Morgan fingerprint density at radius 3 is 1.27 bits per heavy atom. The van der Waals surface area contributed by atoms with Crippen LogP contribution >= 0.6 is 0 Å². The highest BCUT2D eigenvalue weighted by Gasteiger charge is 2.20. The lowest BCUT2D eigenvalue weighted by Gasteiger charge is -2.22. The largest absolute Gasteiger partial charge is 0.466 e. The first-order chi connectivity index (χ1) is 31.5. The summed E-state index contributed by atoms with van der Waals surface area (Å²) < 4.78 is 5.45. The minimum atomic E-state index is -0.676. The number of carbonyl (C=O) groups excluding carboxylic acids is 2. The lowest BCUT2D eigenvalue weighted by Crippen LogP contribution is -2.45. The third-order valence-electron chi connectivity index (χ3n) is 12.9. The van der Waals surface area contributed by atoms with E-state index in [0.29, 0.717) is 25.9 Å². The van der Waals surface area contributed by atoms with E-state index in [0.717, 1.165) is 77.0 Å². The second kappa shape index (κ2) is 53.7. The zero-order valence-electron chi connectivity index (χ0n) is 42.8. The minimum absolute atomic E-state index is 0.0182. The first-order valence-corrected chi connectivity index (χ1v) is 28.2. The molecule has 3 N–H and O–H groups in total. The minimum Gasteiger partial charge on any atom is -0.466 e. The van der Waals surface area contributed by atoms with Gasteiger partial charge < -0.3 is 20.3 Å². The van der Waals surface area contributed by atoms with Gasteiger partial charge in [0.2, 0.25) is 5.91 Å². The molecule has 0 fully saturated rings. The van der Waals surface area contributed by atoms with Gasteiger partial charge in [0.15, 0.2) is 0 Å². The molecule has 0 radical (unpaired) electrons. The van der Waals surface area contributed by atoms with E-state index >= 15 is 0 Å². The maximum atomic E-state index is 12.5. The number of aliphatic hydroxyl groups excluding tert-OH is 2. The van der Waals surface area contributed by atoms with Gasteiger partial charge in [-0.25, -0.2) is 0 Å². The predicted molar refractivity (Wildman–Crippen MR) is 278 cm³/mol. The van der Waals surface area contributed by atoms with Crippen LogP contribution in [0.15, 0.2) is 36.5 Å². The van der Waals surface area contributed by atoms with Crippen LogP contribution in [-0.2, 0) is 14.3 Å². The van der Waals surface area contributed by atoms with Gasteiger partial charge in [-0.2, -0.15) is 0 Å². The van der Waals surface area contributed by atoms with Crippen molar-refractivity contribution in [2.45, 2.75) is 309 Å². The highest BCUT2D eigenvalue weighted by atomic mass is 16.5. The van der Waals surface area contributed by atoms with Crippen molar-refractivity contribution in [3.8, 4) is 0 Å². The van der Waals surface area contributed by atoms with Crippen LogP contribution in [0.5, 0.6) is 0 Å². The molecule has 0 aliphatic heterocycles. The lowest BCUT2D eigenvalue weighted by atomic mass is 10.0. The molecule has 0 saturated carbocycles. The van der Waals surface area contributed by atoms with Crippen LogP contribution in [0.2, 0.25) is 0 Å². The zero-order valence-corrected chi connectivity index (χ0v) is 42.8. The van der Waals surface area contributed by atoms with Crippen LogP contribution in [0.1, 0.15) is 296 Å². The number of nitrogens with one attached hydrogen (secondary N) is 1. The quantitative estimate of drug-likeness (QED) is 0.0321. The summed E-state index contributed by atoms with van der Waals surface area (Å²) >= 11 is 0. The molecular weight excluding hydrogens is 791 g/mol. The number of rotatable bonds is 52. The molecule has 1 amide bonds. The second-order valence-corrected chi connectivity index (χ2v) is 19.3. The topological polar surface area (TPSA) is 95.9 Å². The first kappa shape index (κ1) is 62.1. The Hall–Kier alpha value is -1.92. The molecule has 0 aliphatic rings. The summed E-state index contributed by atoms with van der Waals surface area (Å²) in [6.07, 6.45) is 65.5. The van der Waals surface area contributed by atoms with Crippen LogP contribution in [0, 0.1) is 0 Å². The third-order valence-corrected chi connectivity index (χ3v) is 12.9. The number of allylic oxidation sites excluding steroid dienone is 6. The molecular formula is C58H109NO5. The molecule has 64 heavy (non-hydrogen) atoms. The maximum Gasteiger partial charge on any atom is 0.305 e. The average Bonchev–Trinajstić information content (AvgIpc) is 3.29. The molecule has 0 rings (SSSR count). The van der Waals surface area contributed by atoms with Gasteiger partial charge in [-0.1, -0.05) is 243 Å². The summed E-state index contributed by atoms with van der Waals surface area (Å²) in [5.41, 5.74) is 0. The number of hydrogen-bond donors (Lipinski definition) is 3. The van der Waals surface area contributed by atoms with Crippen molar-refractivity contribution in [2.24, 2.45) is 0 Å². The van der Waals surface area contributed by atoms with Crippen LogP contribution in [0.25, 0.3) is 0 Å². The Labute approximate surface area is 398 Å². The van der Waals surface area contributed by atoms with E-state index in [4.69, 9.17) is 4.74 Å². The number of unbranched alkanes of at least 4 members (excludes halogenated alkanes) is 35. The van der Waals surface area contributed by atoms with Gasteiger partial charge in [0, 0.05) is 12.8 Å². The van der Waals surface area contributed by atoms with E-state index in [1.165, 1.54) is 186 Å². The summed E-state index contributed by atoms with van der Waals surface area (Å²) in [6.45, 7) is 4.87. The van der Waals surface area contributed by atoms with Crippen LogP contribution in [0.4, 0.5) is 0 Å². The number of carbonyl (C=O) groups is 2. The van der Waals surface area contributed by atoms with E-state index in [2.05, 4.69) is 55.6 Å². The van der Waals surface area contributed by atoms with Crippen LogP contribution in [0.3, 0.4) is 0 Å². The molecule has 0 saturated heterocycles. The molecule has 376 valence electrons. The summed E-state index contributed by atoms with van der Waals surface area (Å²) in [5, 5.41) is 23.3. The Kier molecular flexibility index (Phi) is 52.1. The average molecular weight is 901 g/mol. The Morgan fingerprint density at radius 1 is 0.438 bits per heavy atom. The third kappa shape index (κ3) is 49.5. The highest BCUT2D eigenvalue weighted by molar-refractivity contribution is 5.76. The Bertz CT molecular complexity index is 1040. The van der Waals surface area contributed by atoms with E-state index in [9.17, 15) is 19.8 Å². The van der Waals surface area contributed by atoms with Crippen LogP contribution < -0.4 is 5.32 Å². The van der Waals surface area contributed by atoms with Gasteiger partial charge in [0.05, 0.1) is 25.4 Å². The lowest BCUT2D eigenvalue weighted by molar-refractivity contribution is -0.143. The Balaban J connectivity index is 3.48. The van der Waals surface area contributed by atoms with Crippen molar-refractivity contribution in [2.75, 3.05) is 13.2 Å². The summed E-state index contributed by atoms with van der Waals surface area (Å²) in [5.74, 6) is -0.0695. The first-order valence-electron chi connectivity index (χ1n) is 28.2. The molecule has 0 aromatic carbocycles. The van der Waals surface area contributed by atoms with Crippen LogP contribution in [-0.4, -0.2) is 47.4 Å². The predicted octanol–water partition coefficient (Wildman–Crippen LogP) is 17.2. The SMILES string of the molecule is CCC/C=C\C/C=C\CCCCCCCC(=O)OCCCCCCCCC/C=C\CCCCCCCC(=O)NC(CO)C(O)CCCCCCCCCCCCCCCCCCCC. The highest BCUT2D eigenvalue weighted by Crippen LogP contribution is 2.17. The van der Waals surface area contributed by atoms with E-state index in [-0.39, 0.29) is 18.5 Å². The number of aliphatic hydroxyl groups is 2. The van der Waals surface area contributed by atoms with Gasteiger partial charge in [0.25, 0.3) is 0 Å². The fourth-order valence-electron chi connectivity index (χ4n) is 8.55. The van der Waals surface area contributed by atoms with Gasteiger partial charge >= 0.3 is 5.97 Å². The fraction of sp³-hybridized carbons (Fsp3) is 0.862. The number of ether oxygens (including phenoxy) is 1. The van der Waals surface area contributed by atoms with E-state index in [1.807, 2.05) is 0 Å². The Morgan fingerprint density at radius 2 is 0.812 bits per heavy atom. The molecule has 0 bridgehead atoms. The maximum absolute atomic E-state index is 12.5. The van der Waals surface area contributed by atoms with Gasteiger partial charge in [-0.15, -0.1) is 0 Å². The normalized spacial score (nSPS) is 12.9. The van der Waals surface area contributed by atoms with Crippen molar-refractivity contribution in [3.63, 3.8) is 0 Å². The summed E-state index contributed by atoms with van der Waals surface area (Å²) in [7, 11) is 0. The van der Waals surface area contributed by atoms with Crippen molar-refractivity contribution in [1.29, 1.82) is 0 Å². The van der Waals surface area contributed by atoms with Crippen molar-refractivity contribution >= 4 is 11.9 Å². The molecule has 0 spiro atoms. The number of hydrogen-bond acceptors (Lipinski definition) is 5. The van der Waals surface area contributed by atoms with Gasteiger partial charge in [-0.3, -0.25) is 9.59 Å². The van der Waals surface area contributed by atoms with Crippen molar-refractivity contribution in [3.05, 3.63) is 36.5 Å². The fourth-order valence-corrected chi connectivity index (χ4v) is 8.55. The van der Waals surface area contributed by atoms with E-state index < -0.39 is 12.1 Å². The standard InChI is InChI=1S/C58H109NO5/c1-3-5-7-9-11-13-15-17-18-19-20-23-27-30-34-38-42-46-50-56(61)55(54-60)59-57(62)51-47-43-39-35-31-28-24-21-22-25-29-33-37-41-45-49-53-64-58(63)52-48-44-40-36-32-26-16-14-12-10-8-6-4-2/h8,10,14,16,21,24,55-56,60-61H,3-7,9,11-13,15,17-20,22-23,25-54H2,1-2H3,(H,59,62)/b10-8-,16-14-,24-21-. The molecule has 6 nitrogen and oxygen atoms in total.